The van der Waals surface area contributed by atoms with Crippen LogP contribution in [0.4, 0.5) is 10.5 Å². The Kier molecular flexibility index (Phi) is 5.36. The summed E-state index contributed by atoms with van der Waals surface area (Å²) in [5, 5.41) is 3.03. The molecule has 1 aromatic rings. The predicted octanol–water partition coefficient (Wildman–Crippen LogP) is 2.71. The number of nitrogens with two attached hydrogens (primary N) is 1. The van der Waals surface area contributed by atoms with E-state index in [0.717, 1.165) is 18.4 Å². The fraction of sp³-hybridized carbons (Fsp3) is 0.556. The summed E-state index contributed by atoms with van der Waals surface area (Å²) in [7, 11) is 0. The number of carbonyl (C=O) groups is 2. The number of ether oxygens (including phenoxy) is 1. The average molecular weight is 333 g/mol. The largest absolute Gasteiger partial charge is 0.444 e. The number of nitrogens with one attached hydrogen (secondary N) is 1. The van der Waals surface area contributed by atoms with Crippen LogP contribution in [0.2, 0.25) is 0 Å². The van der Waals surface area contributed by atoms with Crippen molar-refractivity contribution >= 4 is 17.7 Å². The van der Waals surface area contributed by atoms with Crippen LogP contribution in [0.3, 0.4) is 0 Å². The lowest BCUT2D eigenvalue weighted by atomic mass is 10.0. The van der Waals surface area contributed by atoms with Gasteiger partial charge in [-0.2, -0.15) is 0 Å². The molecule has 0 radical (unpaired) electrons. The third-order valence-electron chi connectivity index (χ3n) is 4.01. The first-order valence-electron chi connectivity index (χ1n) is 8.30. The number of aryl methyl sites for hydroxylation is 1. The molecule has 2 rings (SSSR count). The molecule has 24 heavy (non-hydrogen) atoms. The zero-order valence-corrected chi connectivity index (χ0v) is 14.9. The maximum Gasteiger partial charge on any atom is 0.410 e. The van der Waals surface area contributed by atoms with E-state index in [-0.39, 0.29) is 18.0 Å². The second-order valence-corrected chi connectivity index (χ2v) is 7.29. The summed E-state index contributed by atoms with van der Waals surface area (Å²) in [4.78, 5) is 26.1. The molecule has 0 bridgehead atoms. The molecule has 3 N–H and O–H groups in total. The lowest BCUT2D eigenvalue weighted by Crippen LogP contribution is -2.47. The van der Waals surface area contributed by atoms with Crippen LogP contribution in [0.15, 0.2) is 18.2 Å². The monoisotopic (exact) mass is 333 g/mol. The molecular weight excluding hydrogens is 306 g/mol. The summed E-state index contributed by atoms with van der Waals surface area (Å²) >= 11 is 0. The zero-order chi connectivity index (χ0) is 17.9. The molecule has 0 aliphatic carbocycles. The maximum atomic E-state index is 12.3. The van der Waals surface area contributed by atoms with Crippen molar-refractivity contribution < 1.29 is 14.3 Å². The van der Waals surface area contributed by atoms with Crippen LogP contribution in [0, 0.1) is 6.92 Å². The Labute approximate surface area is 143 Å². The molecule has 6 nitrogen and oxygen atoms in total. The van der Waals surface area contributed by atoms with E-state index >= 15 is 0 Å². The van der Waals surface area contributed by atoms with Gasteiger partial charge < -0.3 is 20.7 Å². The molecule has 0 saturated carbocycles. The van der Waals surface area contributed by atoms with Gasteiger partial charge in [0.05, 0.1) is 0 Å². The Morgan fingerprint density at radius 3 is 2.42 bits per heavy atom. The second kappa shape index (κ2) is 7.11. The van der Waals surface area contributed by atoms with Crippen molar-refractivity contribution in [3.63, 3.8) is 0 Å². The molecule has 1 aliphatic heterocycles. The molecule has 1 fully saturated rings. The molecule has 0 atom stereocenters. The lowest BCUT2D eigenvalue weighted by Gasteiger charge is -2.33. The SMILES string of the molecule is Cc1cc(C(=O)NC2CCN(C(=O)OC(C)(C)C)CC2)ccc1N. The lowest BCUT2D eigenvalue weighted by molar-refractivity contribution is 0.0199. The molecule has 1 saturated heterocycles. The van der Waals surface area contributed by atoms with Gasteiger partial charge in [0.25, 0.3) is 5.91 Å². The van der Waals surface area contributed by atoms with E-state index in [1.165, 1.54) is 0 Å². The highest BCUT2D eigenvalue weighted by molar-refractivity contribution is 5.95. The summed E-state index contributed by atoms with van der Waals surface area (Å²) < 4.78 is 5.38. The number of anilines is 1. The maximum absolute atomic E-state index is 12.3. The number of nitrogen functional groups attached to an aromatic ring is 1. The number of amides is 2. The minimum absolute atomic E-state index is 0.0639. The van der Waals surface area contributed by atoms with E-state index in [4.69, 9.17) is 10.5 Å². The first-order valence-corrected chi connectivity index (χ1v) is 8.30. The topological polar surface area (TPSA) is 84.7 Å². The van der Waals surface area contributed by atoms with Crippen molar-refractivity contribution in [2.24, 2.45) is 0 Å². The van der Waals surface area contributed by atoms with Crippen LogP contribution in [-0.4, -0.2) is 41.6 Å². The highest BCUT2D eigenvalue weighted by atomic mass is 16.6. The minimum atomic E-state index is -0.491. The normalized spacial score (nSPS) is 15.9. The first-order chi connectivity index (χ1) is 11.2. The van der Waals surface area contributed by atoms with Crippen LogP contribution >= 0.6 is 0 Å². The van der Waals surface area contributed by atoms with Crippen LogP contribution in [0.25, 0.3) is 0 Å². The number of benzene rings is 1. The number of piperidine rings is 1. The van der Waals surface area contributed by atoms with Gasteiger partial charge in [0.1, 0.15) is 5.60 Å². The summed E-state index contributed by atoms with van der Waals surface area (Å²) in [6.07, 6.45) is 1.15. The number of likely N-dealkylation sites (tertiary alicyclic amines) is 1. The molecule has 2 amide bonds. The number of hydrogen-bond acceptors (Lipinski definition) is 4. The van der Waals surface area contributed by atoms with Crippen molar-refractivity contribution in [3.05, 3.63) is 29.3 Å². The smallest absolute Gasteiger partial charge is 0.410 e. The molecular formula is C18H27N3O3. The third-order valence-corrected chi connectivity index (χ3v) is 4.01. The summed E-state index contributed by atoms with van der Waals surface area (Å²) in [6, 6.07) is 5.33. The molecule has 0 aromatic heterocycles. The highest BCUT2D eigenvalue weighted by Crippen LogP contribution is 2.17. The van der Waals surface area contributed by atoms with Gasteiger partial charge >= 0.3 is 6.09 Å². The number of hydrogen-bond donors (Lipinski definition) is 2. The van der Waals surface area contributed by atoms with Crippen molar-refractivity contribution in [1.29, 1.82) is 0 Å². The standard InChI is InChI=1S/C18H27N3O3/c1-12-11-13(5-6-15(12)19)16(22)20-14-7-9-21(10-8-14)17(23)24-18(2,3)4/h5-6,11,14H,7-10,19H2,1-4H3,(H,20,22). The fourth-order valence-corrected chi connectivity index (χ4v) is 2.62. The van der Waals surface area contributed by atoms with Crippen molar-refractivity contribution in [2.75, 3.05) is 18.8 Å². The van der Waals surface area contributed by atoms with E-state index in [9.17, 15) is 9.59 Å². The summed E-state index contributed by atoms with van der Waals surface area (Å²) in [6.45, 7) is 8.61. The Morgan fingerprint density at radius 2 is 1.88 bits per heavy atom. The summed E-state index contributed by atoms with van der Waals surface area (Å²) in [5.41, 5.74) is 7.47. The molecule has 6 heteroatoms. The number of carbonyl (C=O) groups excluding carboxylic acids is 2. The van der Waals surface area contributed by atoms with Gasteiger partial charge in [0.15, 0.2) is 0 Å². The molecule has 132 valence electrons. The van der Waals surface area contributed by atoms with Gasteiger partial charge in [-0.15, -0.1) is 0 Å². The predicted molar refractivity (Wildman–Crippen MR) is 93.9 cm³/mol. The van der Waals surface area contributed by atoms with Crippen LogP contribution < -0.4 is 11.1 Å². The molecule has 0 unspecified atom stereocenters. The van der Waals surface area contributed by atoms with Crippen LogP contribution in [-0.2, 0) is 4.74 Å². The molecule has 1 heterocycles. The fourth-order valence-electron chi connectivity index (χ4n) is 2.62. The second-order valence-electron chi connectivity index (χ2n) is 7.29. The number of rotatable bonds is 2. The van der Waals surface area contributed by atoms with Gasteiger partial charge in [0, 0.05) is 30.4 Å². The zero-order valence-electron chi connectivity index (χ0n) is 14.9. The van der Waals surface area contributed by atoms with Crippen LogP contribution in [0.5, 0.6) is 0 Å². The molecule has 0 spiro atoms. The first kappa shape index (κ1) is 18.1. The van der Waals surface area contributed by atoms with E-state index in [2.05, 4.69) is 5.32 Å². The average Bonchev–Trinajstić information content (AvgIpc) is 2.49. The van der Waals surface area contributed by atoms with E-state index in [1.54, 1.807) is 23.1 Å². The Morgan fingerprint density at radius 1 is 1.25 bits per heavy atom. The third kappa shape index (κ3) is 4.88. The Hall–Kier alpha value is -2.24. The van der Waals surface area contributed by atoms with Gasteiger partial charge in [-0.25, -0.2) is 4.79 Å². The summed E-state index contributed by atoms with van der Waals surface area (Å²) in [5.74, 6) is -0.103. The van der Waals surface area contributed by atoms with Crippen molar-refractivity contribution in [1.82, 2.24) is 10.2 Å². The van der Waals surface area contributed by atoms with Gasteiger partial charge in [-0.05, 0) is 64.3 Å². The van der Waals surface area contributed by atoms with Crippen molar-refractivity contribution in [2.45, 2.75) is 52.2 Å². The van der Waals surface area contributed by atoms with E-state index in [1.807, 2.05) is 27.7 Å². The quantitative estimate of drug-likeness (QED) is 0.815. The van der Waals surface area contributed by atoms with E-state index in [0.29, 0.717) is 24.3 Å². The highest BCUT2D eigenvalue weighted by Gasteiger charge is 2.27. The molecule has 1 aromatic carbocycles. The Balaban J connectivity index is 1.85. The minimum Gasteiger partial charge on any atom is -0.444 e. The molecule has 1 aliphatic rings. The van der Waals surface area contributed by atoms with Gasteiger partial charge in [-0.1, -0.05) is 0 Å². The van der Waals surface area contributed by atoms with E-state index < -0.39 is 5.60 Å². The van der Waals surface area contributed by atoms with Crippen molar-refractivity contribution in [3.8, 4) is 0 Å². The van der Waals surface area contributed by atoms with Gasteiger partial charge in [-0.3, -0.25) is 4.79 Å². The number of nitrogens with zero attached hydrogens (tertiary/aromatic N) is 1. The Bertz CT molecular complexity index is 614. The van der Waals surface area contributed by atoms with Gasteiger partial charge in [0.2, 0.25) is 0 Å². The van der Waals surface area contributed by atoms with Crippen LogP contribution in [0.1, 0.15) is 49.5 Å².